The highest BCUT2D eigenvalue weighted by Gasteiger charge is 2.60. The van der Waals surface area contributed by atoms with Crippen LogP contribution in [-0.4, -0.2) is 46.7 Å². The molecule has 1 aromatic heterocycles. The summed E-state index contributed by atoms with van der Waals surface area (Å²) in [6, 6.07) is 18.7. The maximum absolute atomic E-state index is 17.6. The number of benzene rings is 2. The lowest BCUT2D eigenvalue weighted by atomic mass is 9.84. The zero-order valence-electron chi connectivity index (χ0n) is 21.8. The van der Waals surface area contributed by atoms with Gasteiger partial charge in [0.25, 0.3) is 0 Å². The van der Waals surface area contributed by atoms with E-state index < -0.39 is 18.8 Å². The van der Waals surface area contributed by atoms with Gasteiger partial charge in [-0.2, -0.15) is 0 Å². The summed E-state index contributed by atoms with van der Waals surface area (Å²) in [5, 5.41) is 0. The number of nitrogens with zero attached hydrogens (tertiary/aromatic N) is 2. The smallest absolute Gasteiger partial charge is 0.615 e. The minimum absolute atomic E-state index is 0.170. The molecule has 7 nitrogen and oxygen atoms in total. The molecule has 3 aliphatic heterocycles. The Balaban J connectivity index is 1.73. The van der Waals surface area contributed by atoms with Crippen molar-refractivity contribution in [3.8, 4) is 11.1 Å². The molecule has 2 aromatic carbocycles. The lowest BCUT2D eigenvalue weighted by molar-refractivity contribution is -0.368. The van der Waals surface area contributed by atoms with Crippen molar-refractivity contribution in [1.29, 1.82) is 0 Å². The molecule has 0 saturated heterocycles. The van der Waals surface area contributed by atoms with Crippen LogP contribution in [0.4, 0.5) is 4.32 Å². The number of aromatic nitrogens is 1. The molecule has 0 bridgehead atoms. The first-order chi connectivity index (χ1) is 18.9. The van der Waals surface area contributed by atoms with E-state index in [0.29, 0.717) is 33.9 Å². The fourth-order valence-corrected chi connectivity index (χ4v) is 5.79. The predicted molar refractivity (Wildman–Crippen MR) is 146 cm³/mol. The highest BCUT2D eigenvalue weighted by Crippen LogP contribution is 2.47. The van der Waals surface area contributed by atoms with Crippen molar-refractivity contribution in [3.63, 3.8) is 0 Å². The molecule has 0 spiro atoms. The number of carbonyl (C=O) groups is 2. The van der Waals surface area contributed by atoms with Gasteiger partial charge in [0.15, 0.2) is 11.4 Å². The molecule has 39 heavy (non-hydrogen) atoms. The first-order valence-corrected chi connectivity index (χ1v) is 12.9. The number of halogens is 1. The SMILES string of the molecule is CCOC(=O)C1=C(c2ccccc2)C2=Cc3c(-c4ccccc4)c(C(=O)OCC)c(C)n3[B-]3(F)OC=CC1=[N+]23. The number of hydrogen-bond donors (Lipinski definition) is 0. The third-order valence-electron chi connectivity index (χ3n) is 7.24. The molecular weight excluding hydrogens is 498 g/mol. The summed E-state index contributed by atoms with van der Waals surface area (Å²) in [6.07, 6.45) is 4.65. The molecule has 0 aliphatic carbocycles. The van der Waals surface area contributed by atoms with Crippen molar-refractivity contribution >= 4 is 36.2 Å². The zero-order chi connectivity index (χ0) is 27.3. The Morgan fingerprint density at radius 3 is 2.21 bits per heavy atom. The van der Waals surface area contributed by atoms with Gasteiger partial charge in [-0.3, -0.25) is 0 Å². The highest BCUT2D eigenvalue weighted by molar-refractivity contribution is 6.61. The van der Waals surface area contributed by atoms with Gasteiger partial charge in [-0.1, -0.05) is 60.7 Å². The molecule has 3 aliphatic rings. The van der Waals surface area contributed by atoms with Crippen LogP contribution in [0.2, 0.25) is 0 Å². The first-order valence-electron chi connectivity index (χ1n) is 12.9. The number of carbonyl (C=O) groups excluding carboxylic acids is 2. The summed E-state index contributed by atoms with van der Waals surface area (Å²) < 4.78 is 37.0. The molecule has 9 heteroatoms. The van der Waals surface area contributed by atoms with Crippen molar-refractivity contribution < 1.29 is 32.5 Å². The Bertz CT molecular complexity index is 1650. The standard InChI is InChI=1S/C30H26BFN2O5/c1-4-37-29(35)25-19(3)33-23(26(25)20-12-8-6-9-13-20)18-24-27(21-14-10-7-11-15-21)28(30(36)38-5-2)22-16-17-39-31(33,32)34(22)24/h6-18H,4-5H2,1-3H3. The summed E-state index contributed by atoms with van der Waals surface area (Å²) in [6.45, 7) is 1.99. The molecule has 3 aromatic rings. The van der Waals surface area contributed by atoms with E-state index in [4.69, 9.17) is 14.1 Å². The van der Waals surface area contributed by atoms with Crippen LogP contribution in [0.25, 0.3) is 22.8 Å². The fourth-order valence-electron chi connectivity index (χ4n) is 5.79. The van der Waals surface area contributed by atoms with Gasteiger partial charge < -0.3 is 27.4 Å². The van der Waals surface area contributed by atoms with E-state index in [-0.39, 0.29) is 24.4 Å². The quantitative estimate of drug-likeness (QED) is 0.325. The Hall–Kier alpha value is -4.66. The Morgan fingerprint density at radius 1 is 0.949 bits per heavy atom. The van der Waals surface area contributed by atoms with Crippen LogP contribution in [0.1, 0.15) is 41.2 Å². The number of rotatable bonds is 6. The molecule has 196 valence electrons. The van der Waals surface area contributed by atoms with E-state index in [2.05, 4.69) is 0 Å². The van der Waals surface area contributed by atoms with E-state index in [1.807, 2.05) is 66.7 Å². The van der Waals surface area contributed by atoms with Crippen LogP contribution in [-0.2, 0) is 18.9 Å². The number of hydrogen-bond acceptors (Lipinski definition) is 5. The van der Waals surface area contributed by atoms with E-state index in [0.717, 1.165) is 11.1 Å². The molecule has 0 saturated carbocycles. The first kappa shape index (κ1) is 24.7. The van der Waals surface area contributed by atoms with Crippen LogP contribution >= 0.6 is 0 Å². The lowest BCUT2D eigenvalue weighted by Gasteiger charge is -2.37. The minimum atomic E-state index is -3.49. The van der Waals surface area contributed by atoms with Gasteiger partial charge in [-0.15, -0.1) is 0 Å². The van der Waals surface area contributed by atoms with Crippen molar-refractivity contribution in [2.45, 2.75) is 20.8 Å². The van der Waals surface area contributed by atoms with Gasteiger partial charge >= 0.3 is 18.8 Å². The van der Waals surface area contributed by atoms with E-state index in [1.54, 1.807) is 26.8 Å². The summed E-state index contributed by atoms with van der Waals surface area (Å²) in [4.78, 5) is 26.6. The lowest BCUT2D eigenvalue weighted by Crippen LogP contribution is -2.57. The molecule has 1 atom stereocenters. The Morgan fingerprint density at radius 2 is 1.56 bits per heavy atom. The second-order valence-corrected chi connectivity index (χ2v) is 9.35. The summed E-state index contributed by atoms with van der Waals surface area (Å²) in [5.41, 5.74) is 4.64. The number of ether oxygens (including phenoxy) is 2. The Kier molecular flexibility index (Phi) is 5.86. The third kappa shape index (κ3) is 3.53. The van der Waals surface area contributed by atoms with Gasteiger partial charge in [0.05, 0.1) is 24.4 Å². The van der Waals surface area contributed by atoms with E-state index in [9.17, 15) is 9.59 Å². The molecule has 0 N–H and O–H groups in total. The zero-order valence-corrected chi connectivity index (χ0v) is 21.8. The summed E-state index contributed by atoms with van der Waals surface area (Å²) in [5.74, 6) is -1.10. The average Bonchev–Trinajstić information content (AvgIpc) is 3.44. The van der Waals surface area contributed by atoms with Crippen LogP contribution in [0.15, 0.2) is 84.3 Å². The van der Waals surface area contributed by atoms with Crippen molar-refractivity contribution in [3.05, 3.63) is 107 Å². The second-order valence-electron chi connectivity index (χ2n) is 9.35. The van der Waals surface area contributed by atoms with Gasteiger partial charge in [0.2, 0.25) is 0 Å². The normalized spacial score (nSPS) is 18.8. The fraction of sp³-hybridized carbons (Fsp3) is 0.167. The summed E-state index contributed by atoms with van der Waals surface area (Å²) >= 11 is 0. The number of allylic oxidation sites excluding steroid dienone is 2. The molecule has 6 rings (SSSR count). The van der Waals surface area contributed by atoms with E-state index >= 15 is 4.32 Å². The van der Waals surface area contributed by atoms with Crippen LogP contribution in [0.3, 0.4) is 0 Å². The molecule has 1 unspecified atom stereocenters. The largest absolute Gasteiger partial charge is 0.758 e. The number of esters is 2. The van der Waals surface area contributed by atoms with Crippen LogP contribution in [0.5, 0.6) is 0 Å². The van der Waals surface area contributed by atoms with Crippen molar-refractivity contribution in [1.82, 2.24) is 4.48 Å². The van der Waals surface area contributed by atoms with Gasteiger partial charge in [0.1, 0.15) is 5.57 Å². The minimum Gasteiger partial charge on any atom is -0.615 e. The topological polar surface area (TPSA) is 69.8 Å². The highest BCUT2D eigenvalue weighted by atomic mass is 19.1. The molecule has 0 fully saturated rings. The van der Waals surface area contributed by atoms with Crippen molar-refractivity contribution in [2.24, 2.45) is 0 Å². The third-order valence-corrected chi connectivity index (χ3v) is 7.24. The maximum atomic E-state index is 17.6. The molecule has 0 amide bonds. The van der Waals surface area contributed by atoms with Crippen molar-refractivity contribution in [2.75, 3.05) is 13.2 Å². The summed E-state index contributed by atoms with van der Waals surface area (Å²) in [7, 11) is 0. The second kappa shape index (κ2) is 9.27. The number of fused-ring (bicyclic) bond motifs is 2. The average molecular weight is 524 g/mol. The molecule has 0 radical (unpaired) electrons. The van der Waals surface area contributed by atoms with Crippen LogP contribution in [0, 0.1) is 6.92 Å². The van der Waals surface area contributed by atoms with Gasteiger partial charge in [-0.25, -0.2) is 9.59 Å². The maximum Gasteiger partial charge on any atom is 0.758 e. The molecule has 4 heterocycles. The van der Waals surface area contributed by atoms with Crippen LogP contribution < -0.4 is 0 Å². The predicted octanol–water partition coefficient (Wildman–Crippen LogP) is 5.28. The molecular formula is C30H26BFN2O5. The Labute approximate surface area is 225 Å². The van der Waals surface area contributed by atoms with E-state index in [1.165, 1.54) is 15.2 Å². The van der Waals surface area contributed by atoms with Gasteiger partial charge in [0, 0.05) is 35.4 Å². The monoisotopic (exact) mass is 524 g/mol. The van der Waals surface area contributed by atoms with Gasteiger partial charge in [-0.05, 0) is 31.9 Å².